The Morgan fingerprint density at radius 2 is 1.79 bits per heavy atom. The molecule has 19 heavy (non-hydrogen) atoms. The number of benzene rings is 1. The lowest BCUT2D eigenvalue weighted by atomic mass is 10.3. The first-order valence-corrected chi connectivity index (χ1v) is 6.37. The van der Waals surface area contributed by atoms with E-state index in [-0.39, 0.29) is 24.9 Å². The van der Waals surface area contributed by atoms with Crippen LogP contribution < -0.4 is 4.74 Å². The van der Waals surface area contributed by atoms with Gasteiger partial charge in [-0.2, -0.15) is 0 Å². The van der Waals surface area contributed by atoms with Crippen LogP contribution in [0.4, 0.5) is 0 Å². The summed E-state index contributed by atoms with van der Waals surface area (Å²) >= 11 is 5.77. The number of ether oxygens (including phenoxy) is 1. The van der Waals surface area contributed by atoms with E-state index in [1.807, 2.05) is 4.90 Å². The molecule has 1 saturated heterocycles. The van der Waals surface area contributed by atoms with Gasteiger partial charge in [-0.15, -0.1) is 12.4 Å². The molecule has 1 fully saturated rings. The van der Waals surface area contributed by atoms with Gasteiger partial charge in [-0.05, 0) is 31.3 Å². The number of nitrogens with zero attached hydrogens (tertiary/aromatic N) is 2. The van der Waals surface area contributed by atoms with Crippen LogP contribution in [0.25, 0.3) is 0 Å². The normalized spacial score (nSPS) is 15.8. The molecule has 0 N–H and O–H groups in total. The van der Waals surface area contributed by atoms with Crippen LogP contribution in [-0.2, 0) is 4.79 Å². The average molecular weight is 305 g/mol. The third kappa shape index (κ3) is 4.90. The summed E-state index contributed by atoms with van der Waals surface area (Å²) in [5.74, 6) is 0.708. The van der Waals surface area contributed by atoms with Gasteiger partial charge in [-0.1, -0.05) is 11.6 Å². The van der Waals surface area contributed by atoms with E-state index in [0.29, 0.717) is 10.8 Å². The number of piperazine rings is 1. The molecule has 1 aromatic rings. The Kier molecular flexibility index (Phi) is 6.42. The van der Waals surface area contributed by atoms with Gasteiger partial charge in [0.05, 0.1) is 0 Å². The number of hydrogen-bond acceptors (Lipinski definition) is 3. The predicted octanol–water partition coefficient (Wildman–Crippen LogP) is 1.91. The molecule has 106 valence electrons. The fourth-order valence-corrected chi connectivity index (χ4v) is 1.95. The third-order valence-corrected chi connectivity index (χ3v) is 3.28. The van der Waals surface area contributed by atoms with Gasteiger partial charge in [0.1, 0.15) is 5.75 Å². The Balaban J connectivity index is 0.00000180. The maximum Gasteiger partial charge on any atom is 0.260 e. The van der Waals surface area contributed by atoms with Crippen LogP contribution in [0.5, 0.6) is 5.75 Å². The Bertz CT molecular complexity index is 404. The highest BCUT2D eigenvalue weighted by molar-refractivity contribution is 6.30. The van der Waals surface area contributed by atoms with E-state index in [1.165, 1.54) is 0 Å². The molecule has 1 aliphatic rings. The van der Waals surface area contributed by atoms with E-state index in [2.05, 4.69) is 11.9 Å². The first kappa shape index (κ1) is 16.1. The van der Waals surface area contributed by atoms with Gasteiger partial charge < -0.3 is 14.5 Å². The highest BCUT2D eigenvalue weighted by Gasteiger charge is 2.19. The van der Waals surface area contributed by atoms with Crippen LogP contribution >= 0.6 is 24.0 Å². The number of likely N-dealkylation sites (N-methyl/N-ethyl adjacent to an activating group) is 1. The molecule has 0 spiro atoms. The second-order valence-electron chi connectivity index (χ2n) is 4.43. The standard InChI is InChI=1S/C13H17ClN2O2.ClH/c1-15-6-8-16(9-7-15)13(17)10-18-12-4-2-11(14)3-5-12;/h2-5H,6-10H2,1H3;1H. The van der Waals surface area contributed by atoms with Crippen LogP contribution in [0.2, 0.25) is 5.02 Å². The van der Waals surface area contributed by atoms with Crippen LogP contribution in [0.15, 0.2) is 24.3 Å². The Morgan fingerprint density at radius 3 is 2.37 bits per heavy atom. The molecule has 0 aliphatic carbocycles. The molecule has 1 heterocycles. The van der Waals surface area contributed by atoms with E-state index in [0.717, 1.165) is 26.2 Å². The van der Waals surface area contributed by atoms with Crippen molar-refractivity contribution in [3.63, 3.8) is 0 Å². The number of halogens is 2. The van der Waals surface area contributed by atoms with Crippen LogP contribution in [0.3, 0.4) is 0 Å². The van der Waals surface area contributed by atoms with Gasteiger partial charge in [0.25, 0.3) is 5.91 Å². The lowest BCUT2D eigenvalue weighted by Crippen LogP contribution is -2.48. The molecule has 0 bridgehead atoms. The summed E-state index contributed by atoms with van der Waals surface area (Å²) in [6, 6.07) is 7.02. The summed E-state index contributed by atoms with van der Waals surface area (Å²) in [4.78, 5) is 16.0. The van der Waals surface area contributed by atoms with E-state index >= 15 is 0 Å². The summed E-state index contributed by atoms with van der Waals surface area (Å²) in [7, 11) is 2.06. The number of carbonyl (C=O) groups excluding carboxylic acids is 1. The van der Waals surface area contributed by atoms with Gasteiger partial charge in [0, 0.05) is 31.2 Å². The number of amides is 1. The van der Waals surface area contributed by atoms with Crippen molar-refractivity contribution in [3.8, 4) is 5.75 Å². The lowest BCUT2D eigenvalue weighted by Gasteiger charge is -2.32. The zero-order valence-corrected chi connectivity index (χ0v) is 12.4. The first-order chi connectivity index (χ1) is 8.65. The second kappa shape index (κ2) is 7.58. The van der Waals surface area contributed by atoms with Crippen molar-refractivity contribution in [2.24, 2.45) is 0 Å². The molecule has 4 nitrogen and oxygen atoms in total. The summed E-state index contributed by atoms with van der Waals surface area (Å²) in [5.41, 5.74) is 0. The van der Waals surface area contributed by atoms with E-state index in [4.69, 9.17) is 16.3 Å². The topological polar surface area (TPSA) is 32.8 Å². The molecular formula is C13H18Cl2N2O2. The van der Waals surface area contributed by atoms with E-state index < -0.39 is 0 Å². The first-order valence-electron chi connectivity index (χ1n) is 6.00. The SMILES string of the molecule is CN1CCN(C(=O)COc2ccc(Cl)cc2)CC1.Cl. The minimum absolute atomic E-state index is 0. The fraction of sp³-hybridized carbons (Fsp3) is 0.462. The van der Waals surface area contributed by atoms with Crippen molar-refractivity contribution >= 4 is 29.9 Å². The second-order valence-corrected chi connectivity index (χ2v) is 4.86. The van der Waals surface area contributed by atoms with Crippen molar-refractivity contribution in [3.05, 3.63) is 29.3 Å². The lowest BCUT2D eigenvalue weighted by molar-refractivity contribution is -0.134. The van der Waals surface area contributed by atoms with E-state index in [1.54, 1.807) is 24.3 Å². The van der Waals surface area contributed by atoms with Crippen LogP contribution in [-0.4, -0.2) is 55.5 Å². The molecular weight excluding hydrogens is 287 g/mol. The molecule has 0 saturated carbocycles. The maximum atomic E-state index is 11.9. The average Bonchev–Trinajstić information content (AvgIpc) is 2.38. The molecule has 1 aliphatic heterocycles. The minimum Gasteiger partial charge on any atom is -0.484 e. The van der Waals surface area contributed by atoms with Crippen LogP contribution in [0.1, 0.15) is 0 Å². The summed E-state index contributed by atoms with van der Waals surface area (Å²) in [6.07, 6.45) is 0. The van der Waals surface area contributed by atoms with Crippen molar-refractivity contribution in [2.45, 2.75) is 0 Å². The number of rotatable bonds is 3. The number of carbonyl (C=O) groups is 1. The largest absolute Gasteiger partial charge is 0.484 e. The van der Waals surface area contributed by atoms with Gasteiger partial charge in [0.15, 0.2) is 6.61 Å². The summed E-state index contributed by atoms with van der Waals surface area (Å²) in [5, 5.41) is 0.660. The quantitative estimate of drug-likeness (QED) is 0.855. The molecule has 1 amide bonds. The van der Waals surface area contributed by atoms with Crippen LogP contribution in [0, 0.1) is 0 Å². The molecule has 6 heteroatoms. The molecule has 0 aromatic heterocycles. The summed E-state index contributed by atoms with van der Waals surface area (Å²) in [6.45, 7) is 3.49. The van der Waals surface area contributed by atoms with Crippen molar-refractivity contribution in [1.82, 2.24) is 9.80 Å². The van der Waals surface area contributed by atoms with Crippen molar-refractivity contribution in [2.75, 3.05) is 39.8 Å². The summed E-state index contributed by atoms with van der Waals surface area (Å²) < 4.78 is 5.44. The number of hydrogen-bond donors (Lipinski definition) is 0. The van der Waals surface area contributed by atoms with Gasteiger partial charge in [-0.3, -0.25) is 4.79 Å². The highest BCUT2D eigenvalue weighted by Crippen LogP contribution is 2.15. The Hall–Kier alpha value is -0.970. The Labute approximate surface area is 124 Å². The minimum atomic E-state index is 0. The van der Waals surface area contributed by atoms with E-state index in [9.17, 15) is 4.79 Å². The Morgan fingerprint density at radius 1 is 1.21 bits per heavy atom. The molecule has 0 unspecified atom stereocenters. The van der Waals surface area contributed by atoms with Gasteiger partial charge in [0.2, 0.25) is 0 Å². The van der Waals surface area contributed by atoms with Gasteiger partial charge >= 0.3 is 0 Å². The predicted molar refractivity (Wildman–Crippen MR) is 78.3 cm³/mol. The highest BCUT2D eigenvalue weighted by atomic mass is 35.5. The molecule has 0 radical (unpaired) electrons. The molecule has 0 atom stereocenters. The fourth-order valence-electron chi connectivity index (χ4n) is 1.82. The van der Waals surface area contributed by atoms with Crippen molar-refractivity contribution in [1.29, 1.82) is 0 Å². The third-order valence-electron chi connectivity index (χ3n) is 3.03. The van der Waals surface area contributed by atoms with Gasteiger partial charge in [-0.25, -0.2) is 0 Å². The zero-order valence-electron chi connectivity index (χ0n) is 10.8. The smallest absolute Gasteiger partial charge is 0.260 e. The van der Waals surface area contributed by atoms with Crippen molar-refractivity contribution < 1.29 is 9.53 Å². The maximum absolute atomic E-state index is 11.9. The zero-order chi connectivity index (χ0) is 13.0. The molecule has 1 aromatic carbocycles. The monoisotopic (exact) mass is 304 g/mol. The molecule has 2 rings (SSSR count).